The number of imidazole rings is 1. The van der Waals surface area contributed by atoms with E-state index in [0.29, 0.717) is 24.0 Å². The first-order valence-electron chi connectivity index (χ1n) is 8.08. The Bertz CT molecular complexity index is 944. The Morgan fingerprint density at radius 2 is 2.15 bits per heavy atom. The van der Waals surface area contributed by atoms with E-state index in [1.165, 1.54) is 0 Å². The predicted octanol–water partition coefficient (Wildman–Crippen LogP) is 2.41. The Morgan fingerprint density at radius 3 is 2.85 bits per heavy atom. The fraction of sp³-hybridized carbons (Fsp3) is 0.222. The topological polar surface area (TPSA) is 88.7 Å². The number of nitrogens with one attached hydrogen (secondary N) is 2. The number of aromatic nitrogens is 4. The molecule has 0 saturated carbocycles. The van der Waals surface area contributed by atoms with Crippen LogP contribution in [0.5, 0.6) is 5.88 Å². The molecule has 0 saturated heterocycles. The summed E-state index contributed by atoms with van der Waals surface area (Å²) in [5.74, 6) is 1.22. The Labute approximate surface area is 151 Å². The second-order valence-electron chi connectivity index (χ2n) is 5.68. The number of anilines is 1. The van der Waals surface area contributed by atoms with Crippen molar-refractivity contribution < 1.29 is 4.74 Å². The Kier molecular flexibility index (Phi) is 5.12. The number of aliphatic imine (C=N–C) groups is 1. The monoisotopic (exact) mass is 351 g/mol. The van der Waals surface area contributed by atoms with Gasteiger partial charge in [0.25, 0.3) is 0 Å². The van der Waals surface area contributed by atoms with Gasteiger partial charge >= 0.3 is 0 Å². The Hall–Kier alpha value is -3.42. The van der Waals surface area contributed by atoms with E-state index < -0.39 is 0 Å². The lowest BCUT2D eigenvalue weighted by Gasteiger charge is -2.08. The lowest BCUT2D eigenvalue weighted by atomic mass is 10.2. The summed E-state index contributed by atoms with van der Waals surface area (Å²) in [6.07, 6.45) is 7.29. The van der Waals surface area contributed by atoms with Gasteiger partial charge in [-0.15, -0.1) is 0 Å². The van der Waals surface area contributed by atoms with E-state index in [-0.39, 0.29) is 0 Å². The van der Waals surface area contributed by atoms with Crippen LogP contribution in [0.4, 0.5) is 5.69 Å². The highest BCUT2D eigenvalue weighted by molar-refractivity contribution is 5.69. The van der Waals surface area contributed by atoms with Gasteiger partial charge in [0.15, 0.2) is 0 Å². The van der Waals surface area contributed by atoms with E-state index in [1.54, 1.807) is 31.8 Å². The number of pyridine rings is 1. The molecule has 134 valence electrons. The van der Waals surface area contributed by atoms with Gasteiger partial charge in [-0.1, -0.05) is 0 Å². The number of aryl methyl sites for hydroxylation is 2. The fourth-order valence-corrected chi connectivity index (χ4v) is 2.55. The minimum absolute atomic E-state index is 0.500. The predicted molar refractivity (Wildman–Crippen MR) is 102 cm³/mol. The number of hydrogen-bond donors (Lipinski definition) is 2. The normalized spacial score (nSPS) is 11.4. The molecule has 3 heterocycles. The van der Waals surface area contributed by atoms with Crippen LogP contribution < -0.4 is 15.4 Å². The molecule has 0 spiro atoms. The van der Waals surface area contributed by atoms with Crippen molar-refractivity contribution >= 4 is 23.9 Å². The first-order chi connectivity index (χ1) is 12.6. The summed E-state index contributed by atoms with van der Waals surface area (Å²) in [7, 11) is 1.59. The number of hydrogen-bond acceptors (Lipinski definition) is 7. The van der Waals surface area contributed by atoms with Crippen molar-refractivity contribution in [1.82, 2.24) is 24.7 Å². The molecule has 0 aliphatic carbocycles. The molecule has 0 bridgehead atoms. The zero-order chi connectivity index (χ0) is 18.5. The smallest absolute Gasteiger partial charge is 0.234 e. The average Bonchev–Trinajstić information content (AvgIpc) is 2.97. The van der Waals surface area contributed by atoms with Crippen LogP contribution in [0.1, 0.15) is 17.0 Å². The number of nitrogens with zero attached hydrogens (tertiary/aromatic N) is 5. The Morgan fingerprint density at radius 1 is 1.31 bits per heavy atom. The summed E-state index contributed by atoms with van der Waals surface area (Å²) in [6.45, 7) is 8.10. The molecule has 0 atom stereocenters. The third-order valence-corrected chi connectivity index (χ3v) is 3.77. The van der Waals surface area contributed by atoms with Crippen molar-refractivity contribution in [3.8, 4) is 5.88 Å². The lowest BCUT2D eigenvalue weighted by molar-refractivity contribution is 0.398. The van der Waals surface area contributed by atoms with Crippen molar-refractivity contribution in [1.29, 1.82) is 0 Å². The summed E-state index contributed by atoms with van der Waals surface area (Å²) in [6, 6.07) is 3.69. The summed E-state index contributed by atoms with van der Waals surface area (Å²) in [5, 5.41) is 6.39. The van der Waals surface area contributed by atoms with Crippen molar-refractivity contribution in [3.05, 3.63) is 53.9 Å². The average molecular weight is 351 g/mol. The van der Waals surface area contributed by atoms with E-state index in [4.69, 9.17) is 4.74 Å². The van der Waals surface area contributed by atoms with E-state index >= 15 is 0 Å². The molecule has 0 fully saturated rings. The van der Waals surface area contributed by atoms with E-state index in [0.717, 1.165) is 22.6 Å². The molecule has 0 amide bonds. The second kappa shape index (κ2) is 7.64. The van der Waals surface area contributed by atoms with Crippen LogP contribution in [0.25, 0.3) is 11.5 Å². The third kappa shape index (κ3) is 3.64. The number of rotatable bonds is 7. The summed E-state index contributed by atoms with van der Waals surface area (Å²) < 4.78 is 6.96. The zero-order valence-electron chi connectivity index (χ0n) is 15.0. The molecular weight excluding hydrogens is 330 g/mol. The highest BCUT2D eigenvalue weighted by atomic mass is 16.5. The first-order valence-corrected chi connectivity index (χ1v) is 8.08. The van der Waals surface area contributed by atoms with Crippen LogP contribution >= 0.6 is 0 Å². The molecule has 0 radical (unpaired) electrons. The van der Waals surface area contributed by atoms with Gasteiger partial charge in [-0.25, -0.2) is 15.0 Å². The molecule has 8 nitrogen and oxygen atoms in total. The third-order valence-electron chi connectivity index (χ3n) is 3.77. The van der Waals surface area contributed by atoms with Gasteiger partial charge in [0.05, 0.1) is 37.1 Å². The standard InChI is InChI=1S/C18H21N7O/c1-12-7-22-18-24-13(2)17(25(18)10-12)15(19-3)9-20-11-23-14-5-6-16(26-4)21-8-14/h5-10,20,23H,3,11H2,1-2,4H3/b15-9-. The zero-order valence-corrected chi connectivity index (χ0v) is 15.0. The second-order valence-corrected chi connectivity index (χ2v) is 5.68. The highest BCUT2D eigenvalue weighted by Crippen LogP contribution is 2.20. The number of ether oxygens (including phenoxy) is 1. The minimum Gasteiger partial charge on any atom is -0.481 e. The van der Waals surface area contributed by atoms with Gasteiger partial charge in [0, 0.05) is 24.7 Å². The van der Waals surface area contributed by atoms with E-state index in [2.05, 4.69) is 37.3 Å². The van der Waals surface area contributed by atoms with Crippen LogP contribution in [-0.4, -0.2) is 39.8 Å². The van der Waals surface area contributed by atoms with Gasteiger partial charge in [-0.05, 0) is 32.2 Å². The SMILES string of the molecule is C=N/C(=C\NCNc1ccc(OC)nc1)c1c(C)nc2ncc(C)cn12. The maximum atomic E-state index is 5.04. The van der Waals surface area contributed by atoms with Crippen molar-refractivity contribution in [2.45, 2.75) is 13.8 Å². The highest BCUT2D eigenvalue weighted by Gasteiger charge is 2.13. The van der Waals surface area contributed by atoms with Gasteiger partial charge in [0.1, 0.15) is 5.70 Å². The Balaban J connectivity index is 1.73. The maximum Gasteiger partial charge on any atom is 0.234 e. The van der Waals surface area contributed by atoms with Crippen LogP contribution in [0, 0.1) is 13.8 Å². The molecular formula is C18H21N7O. The van der Waals surface area contributed by atoms with E-state index in [1.807, 2.05) is 30.5 Å². The summed E-state index contributed by atoms with van der Waals surface area (Å²) >= 11 is 0. The van der Waals surface area contributed by atoms with Crippen molar-refractivity contribution in [2.75, 3.05) is 19.1 Å². The van der Waals surface area contributed by atoms with Gasteiger partial charge in [0.2, 0.25) is 11.7 Å². The first kappa shape index (κ1) is 17.4. The molecule has 2 N–H and O–H groups in total. The summed E-state index contributed by atoms with van der Waals surface area (Å²) in [4.78, 5) is 17.1. The molecule has 0 aliphatic heterocycles. The minimum atomic E-state index is 0.500. The fourth-order valence-electron chi connectivity index (χ4n) is 2.55. The quantitative estimate of drug-likeness (QED) is 0.386. The van der Waals surface area contributed by atoms with Crippen LogP contribution in [0.15, 0.2) is 41.9 Å². The number of fused-ring (bicyclic) bond motifs is 1. The van der Waals surface area contributed by atoms with Gasteiger partial charge in [-0.3, -0.25) is 9.39 Å². The lowest BCUT2D eigenvalue weighted by Crippen LogP contribution is -2.17. The van der Waals surface area contributed by atoms with E-state index in [9.17, 15) is 0 Å². The van der Waals surface area contributed by atoms with Crippen LogP contribution in [0.3, 0.4) is 0 Å². The molecule has 0 aromatic carbocycles. The molecule has 8 heteroatoms. The molecule has 0 aliphatic rings. The summed E-state index contributed by atoms with van der Waals surface area (Å²) in [5.41, 5.74) is 4.32. The molecule has 26 heavy (non-hydrogen) atoms. The number of methoxy groups -OCH3 is 1. The van der Waals surface area contributed by atoms with Crippen molar-refractivity contribution in [3.63, 3.8) is 0 Å². The molecule has 3 aromatic rings. The van der Waals surface area contributed by atoms with Crippen molar-refractivity contribution in [2.24, 2.45) is 4.99 Å². The van der Waals surface area contributed by atoms with Crippen LogP contribution in [-0.2, 0) is 0 Å². The van der Waals surface area contributed by atoms with Crippen LogP contribution in [0.2, 0.25) is 0 Å². The largest absolute Gasteiger partial charge is 0.481 e. The molecule has 3 rings (SSSR count). The van der Waals surface area contributed by atoms with Gasteiger partial charge in [-0.2, -0.15) is 0 Å². The van der Waals surface area contributed by atoms with Gasteiger partial charge < -0.3 is 15.4 Å². The molecule has 3 aromatic heterocycles. The maximum absolute atomic E-state index is 5.04. The molecule has 0 unspecified atom stereocenters.